The van der Waals surface area contributed by atoms with Crippen molar-refractivity contribution < 1.29 is 33.8 Å². The van der Waals surface area contributed by atoms with Crippen LogP contribution in [0.1, 0.15) is 62.7 Å². The second-order valence-corrected chi connectivity index (χ2v) is 14.3. The van der Waals surface area contributed by atoms with Crippen LogP contribution in [0.3, 0.4) is 0 Å². The van der Waals surface area contributed by atoms with Crippen LogP contribution in [-0.4, -0.2) is 84.3 Å². The summed E-state index contributed by atoms with van der Waals surface area (Å²) in [5, 5.41) is 14.0. The van der Waals surface area contributed by atoms with E-state index >= 15 is 9.59 Å². The molecule has 6 rings (SSSR count). The minimum atomic E-state index is -1.33. The van der Waals surface area contributed by atoms with Gasteiger partial charge in [-0.25, -0.2) is 0 Å². The maximum atomic E-state index is 15.2. The normalized spacial score (nSPS) is 23.4. The fourth-order valence-corrected chi connectivity index (χ4v) is 8.71. The highest BCUT2D eigenvalue weighted by Crippen LogP contribution is 2.60. The van der Waals surface area contributed by atoms with Crippen molar-refractivity contribution in [2.45, 2.75) is 69.4 Å². The van der Waals surface area contributed by atoms with Crippen molar-refractivity contribution in [3.8, 4) is 0 Å². The van der Waals surface area contributed by atoms with E-state index in [1.54, 1.807) is 17.1 Å². The quantitative estimate of drug-likeness (QED) is 0.129. The van der Waals surface area contributed by atoms with Gasteiger partial charge in [0.25, 0.3) is 5.91 Å². The van der Waals surface area contributed by atoms with Crippen molar-refractivity contribution in [3.63, 3.8) is 0 Å². The minimum absolute atomic E-state index is 0.106. The van der Waals surface area contributed by atoms with Crippen molar-refractivity contribution in [2.75, 3.05) is 42.6 Å². The number of anilines is 2. The Labute approximate surface area is 323 Å². The Morgan fingerprint density at radius 3 is 2.20 bits per heavy atom. The molecule has 3 aliphatic rings. The lowest BCUT2D eigenvalue weighted by Gasteiger charge is -2.39. The minimum Gasteiger partial charge on any atom is -0.463 e. The molecule has 3 fully saturated rings. The maximum Gasteiger partial charge on any atom is 0.306 e. The van der Waals surface area contributed by atoms with Crippen molar-refractivity contribution in [2.24, 2.45) is 11.8 Å². The molecule has 7 atom stereocenters. The number of aliphatic hydroxyl groups is 1. The summed E-state index contributed by atoms with van der Waals surface area (Å²) in [5.41, 5.74) is 1.71. The molecule has 3 aromatic carbocycles. The average molecular weight is 749 g/mol. The van der Waals surface area contributed by atoms with Gasteiger partial charge in [-0.15, -0.1) is 13.2 Å². The summed E-state index contributed by atoms with van der Waals surface area (Å²) >= 11 is 0. The summed E-state index contributed by atoms with van der Waals surface area (Å²) in [6.45, 7) is 13.0. The summed E-state index contributed by atoms with van der Waals surface area (Å²) in [5.74, 6) is -3.57. The molecule has 0 aromatic heterocycles. The molecule has 0 radical (unpaired) electrons. The molecular formula is C44H52N4O7. The van der Waals surface area contributed by atoms with Crippen molar-refractivity contribution in [1.29, 1.82) is 0 Å². The first-order valence-corrected chi connectivity index (χ1v) is 19.3. The largest absolute Gasteiger partial charge is 0.463 e. The number of hydrogen-bond donors (Lipinski definition) is 2. The fraction of sp³-hybridized carbons (Fsp3) is 0.409. The smallest absolute Gasteiger partial charge is 0.306 e. The zero-order valence-corrected chi connectivity index (χ0v) is 31.7. The number of allylic oxidation sites excluding steroid dienone is 1. The molecule has 0 aliphatic carbocycles. The number of benzene rings is 3. The molecule has 3 aromatic rings. The van der Waals surface area contributed by atoms with Crippen LogP contribution in [0.15, 0.2) is 110 Å². The molecule has 3 amide bonds. The van der Waals surface area contributed by atoms with Crippen LogP contribution in [0.25, 0.3) is 0 Å². The molecule has 290 valence electrons. The van der Waals surface area contributed by atoms with Gasteiger partial charge in [-0.1, -0.05) is 72.8 Å². The van der Waals surface area contributed by atoms with E-state index in [0.717, 1.165) is 24.3 Å². The van der Waals surface area contributed by atoms with Crippen LogP contribution in [-0.2, 0) is 28.7 Å². The number of rotatable bonds is 18. The van der Waals surface area contributed by atoms with Crippen LogP contribution >= 0.6 is 0 Å². The van der Waals surface area contributed by atoms with E-state index in [1.807, 2.05) is 84.9 Å². The van der Waals surface area contributed by atoms with Gasteiger partial charge in [-0.3, -0.25) is 19.2 Å². The number of amides is 3. The number of carbonyl (C=O) groups is 4. The lowest BCUT2D eigenvalue weighted by Crippen LogP contribution is -2.57. The molecule has 55 heavy (non-hydrogen) atoms. The number of esters is 1. The highest BCUT2D eigenvalue weighted by molar-refractivity contribution is 6.05. The summed E-state index contributed by atoms with van der Waals surface area (Å²) < 4.78 is 12.4. The SMILES string of the molecule is C=CCCC(=O)OC[C@H](NC(=O)[C@@H]1[C@H]2C(=O)N([C@H](CO)c3ccccc3)[C@H](C(=O)N(CC=C)c3ccc(N(CC)CC)cc3)[C@]23CC[C@H]1O3)c1ccccc1. The van der Waals surface area contributed by atoms with Crippen molar-refractivity contribution in [3.05, 3.63) is 121 Å². The number of ether oxygens (including phenoxy) is 2. The Kier molecular flexibility index (Phi) is 12.5. The molecule has 11 nitrogen and oxygen atoms in total. The van der Waals surface area contributed by atoms with E-state index in [0.29, 0.717) is 30.5 Å². The zero-order valence-electron chi connectivity index (χ0n) is 31.7. The first-order valence-electron chi connectivity index (χ1n) is 19.3. The van der Waals surface area contributed by atoms with Gasteiger partial charge in [0.1, 0.15) is 18.2 Å². The predicted octanol–water partition coefficient (Wildman–Crippen LogP) is 5.53. The summed E-state index contributed by atoms with van der Waals surface area (Å²) in [4.78, 5) is 62.6. The third-order valence-corrected chi connectivity index (χ3v) is 11.3. The van der Waals surface area contributed by atoms with Crippen LogP contribution in [0.5, 0.6) is 0 Å². The molecule has 3 aliphatic heterocycles. The Hall–Kier alpha value is -5.26. The zero-order chi connectivity index (χ0) is 39.1. The maximum absolute atomic E-state index is 15.2. The summed E-state index contributed by atoms with van der Waals surface area (Å²) in [6, 6.07) is 23.3. The Bertz CT molecular complexity index is 1830. The van der Waals surface area contributed by atoms with Gasteiger partial charge < -0.3 is 34.6 Å². The second kappa shape index (κ2) is 17.5. The Morgan fingerprint density at radius 1 is 0.964 bits per heavy atom. The van der Waals surface area contributed by atoms with Gasteiger partial charge in [-0.2, -0.15) is 0 Å². The predicted molar refractivity (Wildman–Crippen MR) is 211 cm³/mol. The van der Waals surface area contributed by atoms with E-state index < -0.39 is 66.1 Å². The van der Waals surface area contributed by atoms with Crippen molar-refractivity contribution >= 4 is 35.1 Å². The highest BCUT2D eigenvalue weighted by atomic mass is 16.5. The molecule has 2 N–H and O–H groups in total. The van der Waals surface area contributed by atoms with Gasteiger partial charge in [-0.05, 0) is 68.5 Å². The van der Waals surface area contributed by atoms with Crippen LogP contribution in [0.4, 0.5) is 11.4 Å². The first-order chi connectivity index (χ1) is 26.7. The third-order valence-electron chi connectivity index (χ3n) is 11.3. The third kappa shape index (κ3) is 7.68. The van der Waals surface area contributed by atoms with Gasteiger partial charge in [0.15, 0.2) is 0 Å². The molecular weight excluding hydrogens is 697 g/mol. The van der Waals surface area contributed by atoms with Gasteiger partial charge in [0, 0.05) is 37.4 Å². The van der Waals surface area contributed by atoms with Gasteiger partial charge in [0.05, 0.1) is 36.6 Å². The van der Waals surface area contributed by atoms with Crippen LogP contribution in [0.2, 0.25) is 0 Å². The lowest BCUT2D eigenvalue weighted by atomic mass is 9.70. The number of likely N-dealkylation sites (tertiary alicyclic amines) is 1. The average Bonchev–Trinajstić information content (AvgIpc) is 3.86. The topological polar surface area (TPSA) is 129 Å². The van der Waals surface area contributed by atoms with E-state index in [2.05, 4.69) is 37.2 Å². The van der Waals surface area contributed by atoms with E-state index in [4.69, 9.17) is 9.47 Å². The number of aliphatic hydroxyl groups excluding tert-OH is 1. The number of carbonyl (C=O) groups excluding carboxylic acids is 4. The highest BCUT2D eigenvalue weighted by Gasteiger charge is 2.75. The van der Waals surface area contributed by atoms with Crippen molar-refractivity contribution in [1.82, 2.24) is 10.2 Å². The van der Waals surface area contributed by atoms with Crippen LogP contribution < -0.4 is 15.1 Å². The molecule has 11 heteroatoms. The molecule has 0 unspecified atom stereocenters. The second-order valence-electron chi connectivity index (χ2n) is 14.3. The Morgan fingerprint density at radius 2 is 1.60 bits per heavy atom. The van der Waals surface area contributed by atoms with Crippen LogP contribution in [0, 0.1) is 11.8 Å². The molecule has 0 saturated carbocycles. The lowest BCUT2D eigenvalue weighted by molar-refractivity contribution is -0.146. The van der Waals surface area contributed by atoms with Gasteiger partial charge >= 0.3 is 5.97 Å². The number of hydrogen-bond acceptors (Lipinski definition) is 8. The van der Waals surface area contributed by atoms with E-state index in [1.165, 1.54) is 4.90 Å². The molecule has 1 spiro atoms. The number of nitrogens with one attached hydrogen (secondary N) is 1. The standard InChI is InChI=1S/C44H52N4O7/c1-5-9-20-37(50)54-29-34(30-16-12-10-13-17-30)45-41(51)38-36-25-26-44(55-36)39(38)42(52)48(35(28-49)31-18-14-11-15-19-31)40(44)43(53)47(27-6-2)33-23-21-32(22-24-33)46(7-3)8-4/h5-6,10-19,21-24,34-36,38-40,49H,1-2,7-9,20,25-29H2,3-4H3,(H,45,51)/t34-,35+,36+,38-,39-,40+,44-/m0/s1. The summed E-state index contributed by atoms with van der Waals surface area (Å²) in [6.07, 6.45) is 4.13. The first kappa shape index (κ1) is 39.4. The molecule has 3 saturated heterocycles. The monoisotopic (exact) mass is 748 g/mol. The molecule has 2 bridgehead atoms. The summed E-state index contributed by atoms with van der Waals surface area (Å²) in [7, 11) is 0. The van der Waals surface area contributed by atoms with E-state index in [-0.39, 0.29) is 25.5 Å². The fourth-order valence-electron chi connectivity index (χ4n) is 8.71. The van der Waals surface area contributed by atoms with E-state index in [9.17, 15) is 14.7 Å². The van der Waals surface area contributed by atoms with Gasteiger partial charge in [0.2, 0.25) is 11.8 Å². The molecule has 3 heterocycles. The Balaban J connectivity index is 1.37. The number of nitrogens with zero attached hydrogens (tertiary/aromatic N) is 3. The number of fused-ring (bicyclic) bond motifs is 1.